The fourth-order valence-corrected chi connectivity index (χ4v) is 4.26. The van der Waals surface area contributed by atoms with Gasteiger partial charge in [-0.05, 0) is 48.6 Å². The summed E-state index contributed by atoms with van der Waals surface area (Å²) in [5.74, 6) is 1.16. The predicted molar refractivity (Wildman–Crippen MR) is 102 cm³/mol. The normalized spacial score (nSPS) is 22.5. The zero-order valence-electron chi connectivity index (χ0n) is 15.5. The van der Waals surface area contributed by atoms with Crippen LogP contribution >= 0.6 is 0 Å². The maximum atomic E-state index is 12.8. The monoisotopic (exact) mass is 367 g/mol. The first-order valence-electron chi connectivity index (χ1n) is 9.44. The zero-order chi connectivity index (χ0) is 18.8. The molecule has 142 valence electrons. The van der Waals surface area contributed by atoms with E-state index in [9.17, 15) is 9.90 Å². The third-order valence-corrected chi connectivity index (χ3v) is 5.63. The molecule has 6 nitrogen and oxygen atoms in total. The van der Waals surface area contributed by atoms with Gasteiger partial charge >= 0.3 is 0 Å². The summed E-state index contributed by atoms with van der Waals surface area (Å²) in [6.07, 6.45) is 3.92. The SMILES string of the molecule is COc1ccc(CN2C[C@H]3CC[C@@H]2CN(C(=O)c2ccccn2)C3)cc1O. The van der Waals surface area contributed by atoms with Gasteiger partial charge in [0, 0.05) is 38.4 Å². The number of benzene rings is 1. The second-order valence-corrected chi connectivity index (χ2v) is 7.46. The third kappa shape index (κ3) is 3.76. The third-order valence-electron chi connectivity index (χ3n) is 5.63. The van der Waals surface area contributed by atoms with E-state index in [1.165, 1.54) is 0 Å². The number of phenols is 1. The van der Waals surface area contributed by atoms with Crippen molar-refractivity contribution in [2.75, 3.05) is 26.7 Å². The van der Waals surface area contributed by atoms with Crippen LogP contribution in [0.25, 0.3) is 0 Å². The van der Waals surface area contributed by atoms with E-state index in [2.05, 4.69) is 9.88 Å². The lowest BCUT2D eigenvalue weighted by Gasteiger charge is -2.36. The average molecular weight is 367 g/mol. The number of carbonyl (C=O) groups is 1. The van der Waals surface area contributed by atoms with Crippen LogP contribution in [0.3, 0.4) is 0 Å². The van der Waals surface area contributed by atoms with Gasteiger partial charge in [0.25, 0.3) is 5.91 Å². The van der Waals surface area contributed by atoms with Crippen molar-refractivity contribution in [3.8, 4) is 11.5 Å². The Bertz CT molecular complexity index is 812. The lowest BCUT2D eigenvalue weighted by molar-refractivity contribution is 0.0730. The molecule has 27 heavy (non-hydrogen) atoms. The number of methoxy groups -OCH3 is 1. The lowest BCUT2D eigenvalue weighted by Crippen LogP contribution is -2.44. The highest BCUT2D eigenvalue weighted by Crippen LogP contribution is 2.32. The second kappa shape index (κ2) is 7.56. The van der Waals surface area contributed by atoms with Crippen molar-refractivity contribution in [3.05, 3.63) is 53.9 Å². The minimum Gasteiger partial charge on any atom is -0.504 e. The van der Waals surface area contributed by atoms with Gasteiger partial charge in [-0.15, -0.1) is 0 Å². The molecule has 2 aromatic rings. The van der Waals surface area contributed by atoms with Gasteiger partial charge in [0.05, 0.1) is 7.11 Å². The van der Waals surface area contributed by atoms with E-state index in [1.54, 1.807) is 31.5 Å². The average Bonchev–Trinajstić information content (AvgIpc) is 3.00. The molecule has 3 fully saturated rings. The number of rotatable bonds is 4. The van der Waals surface area contributed by atoms with E-state index in [-0.39, 0.29) is 11.7 Å². The van der Waals surface area contributed by atoms with Crippen molar-refractivity contribution < 1.29 is 14.6 Å². The molecular weight excluding hydrogens is 342 g/mol. The molecule has 5 rings (SSSR count). The van der Waals surface area contributed by atoms with Crippen LogP contribution < -0.4 is 4.74 Å². The summed E-state index contributed by atoms with van der Waals surface area (Å²) in [7, 11) is 1.55. The minimum atomic E-state index is 0.0245. The Morgan fingerprint density at radius 3 is 2.85 bits per heavy atom. The molecule has 1 amide bonds. The van der Waals surface area contributed by atoms with Crippen LogP contribution in [0.4, 0.5) is 0 Å². The Kier molecular flexibility index (Phi) is 4.99. The second-order valence-electron chi connectivity index (χ2n) is 7.46. The highest BCUT2D eigenvalue weighted by atomic mass is 16.5. The molecule has 0 radical (unpaired) electrons. The number of piperidine rings is 1. The molecule has 3 aliphatic heterocycles. The number of amides is 1. The number of fused-ring (bicyclic) bond motifs is 4. The van der Waals surface area contributed by atoms with Crippen molar-refractivity contribution in [3.63, 3.8) is 0 Å². The lowest BCUT2D eigenvalue weighted by atomic mass is 9.94. The van der Waals surface area contributed by atoms with E-state index in [0.29, 0.717) is 23.4 Å². The largest absolute Gasteiger partial charge is 0.504 e. The van der Waals surface area contributed by atoms with Gasteiger partial charge in [0.1, 0.15) is 5.69 Å². The van der Waals surface area contributed by atoms with Crippen LogP contribution in [0.5, 0.6) is 11.5 Å². The number of pyridine rings is 1. The van der Waals surface area contributed by atoms with Gasteiger partial charge in [-0.3, -0.25) is 14.7 Å². The fourth-order valence-electron chi connectivity index (χ4n) is 4.26. The highest BCUT2D eigenvalue weighted by Gasteiger charge is 2.36. The maximum Gasteiger partial charge on any atom is 0.272 e. The quantitative estimate of drug-likeness (QED) is 0.900. The molecule has 4 heterocycles. The Morgan fingerprint density at radius 2 is 2.11 bits per heavy atom. The van der Waals surface area contributed by atoms with Crippen LogP contribution in [0.2, 0.25) is 0 Å². The summed E-state index contributed by atoms with van der Waals surface area (Å²) in [6.45, 7) is 3.26. The number of nitrogens with zero attached hydrogens (tertiary/aromatic N) is 3. The van der Waals surface area contributed by atoms with E-state index < -0.39 is 0 Å². The summed E-state index contributed by atoms with van der Waals surface area (Å²) >= 11 is 0. The van der Waals surface area contributed by atoms with Gasteiger partial charge < -0.3 is 14.7 Å². The van der Waals surface area contributed by atoms with Gasteiger partial charge in [0.15, 0.2) is 11.5 Å². The number of hydrogen-bond donors (Lipinski definition) is 1. The maximum absolute atomic E-state index is 12.8. The predicted octanol–water partition coefficient (Wildman–Crippen LogP) is 2.53. The molecule has 1 N–H and O–H groups in total. The van der Waals surface area contributed by atoms with Crippen LogP contribution in [-0.2, 0) is 6.54 Å². The molecule has 0 spiro atoms. The summed E-state index contributed by atoms with van der Waals surface area (Å²) in [5, 5.41) is 10.0. The van der Waals surface area contributed by atoms with Gasteiger partial charge in [-0.1, -0.05) is 12.1 Å². The summed E-state index contributed by atoms with van der Waals surface area (Å²) < 4.78 is 5.13. The molecule has 3 saturated heterocycles. The summed E-state index contributed by atoms with van der Waals surface area (Å²) in [4.78, 5) is 21.5. The molecule has 0 aliphatic carbocycles. The first-order chi connectivity index (χ1) is 13.1. The number of ether oxygens (including phenoxy) is 1. The van der Waals surface area contributed by atoms with Crippen LogP contribution in [0.15, 0.2) is 42.6 Å². The Hall–Kier alpha value is -2.60. The van der Waals surface area contributed by atoms with Crippen molar-refractivity contribution >= 4 is 5.91 Å². The topological polar surface area (TPSA) is 65.9 Å². The zero-order valence-corrected chi connectivity index (χ0v) is 15.5. The van der Waals surface area contributed by atoms with Crippen molar-refractivity contribution in [1.29, 1.82) is 0 Å². The van der Waals surface area contributed by atoms with Gasteiger partial charge in [0.2, 0.25) is 0 Å². The summed E-state index contributed by atoms with van der Waals surface area (Å²) in [5.41, 5.74) is 1.58. The van der Waals surface area contributed by atoms with E-state index >= 15 is 0 Å². The number of hydrogen-bond acceptors (Lipinski definition) is 5. The van der Waals surface area contributed by atoms with E-state index in [1.807, 2.05) is 23.1 Å². The number of phenolic OH excluding ortho intramolecular Hbond substituents is 1. The highest BCUT2D eigenvalue weighted by molar-refractivity contribution is 5.92. The van der Waals surface area contributed by atoms with Gasteiger partial charge in [-0.2, -0.15) is 0 Å². The standard InChI is InChI=1S/C21H25N3O3/c1-27-20-8-6-15(10-19(20)25)11-23-12-16-5-7-17(23)14-24(13-16)21(26)18-4-2-3-9-22-18/h2-4,6,8-10,16-17,25H,5,7,11-14H2,1H3/t16-,17-/m1/s1. The first kappa shape index (κ1) is 17.8. The number of aromatic hydroxyl groups is 1. The number of carbonyl (C=O) groups excluding carboxylic acids is 1. The minimum absolute atomic E-state index is 0.0245. The van der Waals surface area contributed by atoms with E-state index in [4.69, 9.17) is 4.74 Å². The van der Waals surface area contributed by atoms with Crippen LogP contribution in [-0.4, -0.2) is 58.6 Å². The molecule has 3 aliphatic rings. The molecule has 0 saturated carbocycles. The molecular formula is C21H25N3O3. The first-order valence-corrected chi connectivity index (χ1v) is 9.44. The van der Waals surface area contributed by atoms with Gasteiger partial charge in [-0.25, -0.2) is 0 Å². The fraction of sp³-hybridized carbons (Fsp3) is 0.429. The molecule has 2 bridgehead atoms. The summed E-state index contributed by atoms with van der Waals surface area (Å²) in [6, 6.07) is 11.4. The van der Waals surface area contributed by atoms with Crippen molar-refractivity contribution in [2.24, 2.45) is 5.92 Å². The molecule has 1 aromatic carbocycles. The molecule has 0 unspecified atom stereocenters. The van der Waals surface area contributed by atoms with Crippen LogP contribution in [0.1, 0.15) is 28.9 Å². The smallest absolute Gasteiger partial charge is 0.272 e. The molecule has 2 atom stereocenters. The van der Waals surface area contributed by atoms with E-state index in [0.717, 1.165) is 44.6 Å². The Balaban J connectivity index is 1.48. The molecule has 1 aromatic heterocycles. The van der Waals surface area contributed by atoms with Crippen LogP contribution in [0, 0.1) is 5.92 Å². The van der Waals surface area contributed by atoms with Crippen molar-refractivity contribution in [2.45, 2.75) is 25.4 Å². The number of aromatic nitrogens is 1. The Labute approximate surface area is 159 Å². The van der Waals surface area contributed by atoms with Crippen molar-refractivity contribution in [1.82, 2.24) is 14.8 Å². The Morgan fingerprint density at radius 1 is 1.22 bits per heavy atom. The molecule has 6 heteroatoms.